The summed E-state index contributed by atoms with van der Waals surface area (Å²) in [7, 11) is 0. The van der Waals surface area contributed by atoms with Crippen molar-refractivity contribution in [2.75, 3.05) is 31.1 Å². The molecule has 0 aliphatic carbocycles. The molecule has 0 aromatic rings. The third-order valence-corrected chi connectivity index (χ3v) is 4.46. The Balaban J connectivity index is 1.85. The maximum absolute atomic E-state index is 12.1. The molecule has 0 saturated carbocycles. The molecule has 2 rings (SSSR count). The molecule has 2 unspecified atom stereocenters. The summed E-state index contributed by atoms with van der Waals surface area (Å²) in [5.41, 5.74) is 0. The van der Waals surface area contributed by atoms with E-state index in [4.69, 9.17) is 0 Å². The van der Waals surface area contributed by atoms with Gasteiger partial charge in [-0.2, -0.15) is 11.8 Å². The number of hydrogen-bond acceptors (Lipinski definition) is 3. The van der Waals surface area contributed by atoms with Crippen LogP contribution in [0.5, 0.6) is 0 Å². The zero-order chi connectivity index (χ0) is 10.7. The molecule has 0 aromatic carbocycles. The number of nitrogens with zero attached hydrogens (tertiary/aromatic N) is 1. The molecule has 1 amide bonds. The van der Waals surface area contributed by atoms with Gasteiger partial charge in [-0.25, -0.2) is 0 Å². The van der Waals surface area contributed by atoms with Crippen LogP contribution in [0.3, 0.4) is 0 Å². The first-order chi connectivity index (χ1) is 7.31. The molecule has 2 saturated heterocycles. The van der Waals surface area contributed by atoms with Crippen molar-refractivity contribution in [2.45, 2.75) is 25.8 Å². The summed E-state index contributed by atoms with van der Waals surface area (Å²) in [6.07, 6.45) is 2.40. The van der Waals surface area contributed by atoms with Gasteiger partial charge in [0.15, 0.2) is 0 Å². The Labute approximate surface area is 96.0 Å². The van der Waals surface area contributed by atoms with Crippen molar-refractivity contribution >= 4 is 17.7 Å². The number of carbonyl (C=O) groups excluding carboxylic acids is 1. The van der Waals surface area contributed by atoms with E-state index in [-0.39, 0.29) is 6.04 Å². The predicted octanol–water partition coefficient (Wildman–Crippen LogP) is 0.950. The van der Waals surface area contributed by atoms with Gasteiger partial charge in [0.05, 0.1) is 6.04 Å². The van der Waals surface area contributed by atoms with E-state index in [1.54, 1.807) is 0 Å². The minimum atomic E-state index is 0.0827. The van der Waals surface area contributed by atoms with Crippen molar-refractivity contribution < 1.29 is 4.79 Å². The summed E-state index contributed by atoms with van der Waals surface area (Å²) in [5, 5.41) is 3.32. The highest BCUT2D eigenvalue weighted by atomic mass is 32.2. The molecule has 2 heterocycles. The second-order valence-corrected chi connectivity index (χ2v) is 5.58. The molecular formula is C11H20N2OS. The molecule has 3 nitrogen and oxygen atoms in total. The Kier molecular flexibility index (Phi) is 3.92. The molecule has 2 fully saturated rings. The van der Waals surface area contributed by atoms with Crippen LogP contribution in [0.4, 0.5) is 0 Å². The topological polar surface area (TPSA) is 32.3 Å². The zero-order valence-electron chi connectivity index (χ0n) is 9.37. The van der Waals surface area contributed by atoms with E-state index < -0.39 is 0 Å². The summed E-state index contributed by atoms with van der Waals surface area (Å²) in [6.45, 7) is 5.15. The summed E-state index contributed by atoms with van der Waals surface area (Å²) >= 11 is 1.89. The molecule has 4 heteroatoms. The first-order valence-corrected chi connectivity index (χ1v) is 7.06. The Morgan fingerprint density at radius 2 is 2.47 bits per heavy atom. The SMILES string of the molecule is CCC1CCN(C(=O)C2CSCCN2)C1. The van der Waals surface area contributed by atoms with Gasteiger partial charge in [-0.05, 0) is 12.3 Å². The molecule has 86 valence electrons. The van der Waals surface area contributed by atoms with Gasteiger partial charge in [-0.3, -0.25) is 4.79 Å². The summed E-state index contributed by atoms with van der Waals surface area (Å²) in [5.74, 6) is 3.16. The lowest BCUT2D eigenvalue weighted by Crippen LogP contribution is -2.49. The monoisotopic (exact) mass is 228 g/mol. The highest BCUT2D eigenvalue weighted by Crippen LogP contribution is 2.20. The summed E-state index contributed by atoms with van der Waals surface area (Å²) in [6, 6.07) is 0.0827. The van der Waals surface area contributed by atoms with E-state index in [0.29, 0.717) is 5.91 Å². The normalized spacial score (nSPS) is 31.9. The highest BCUT2D eigenvalue weighted by molar-refractivity contribution is 7.99. The van der Waals surface area contributed by atoms with Gasteiger partial charge in [0.25, 0.3) is 0 Å². The molecule has 0 spiro atoms. The molecule has 0 aromatic heterocycles. The number of rotatable bonds is 2. The first-order valence-electron chi connectivity index (χ1n) is 5.91. The Hall–Kier alpha value is -0.220. The standard InChI is InChI=1S/C11H20N2OS/c1-2-9-3-5-13(7-9)11(14)10-8-15-6-4-12-10/h9-10,12H,2-8H2,1H3. The smallest absolute Gasteiger partial charge is 0.240 e. The van der Waals surface area contributed by atoms with E-state index in [9.17, 15) is 4.79 Å². The van der Waals surface area contributed by atoms with Crippen LogP contribution in [0.1, 0.15) is 19.8 Å². The second kappa shape index (κ2) is 5.21. The molecule has 15 heavy (non-hydrogen) atoms. The van der Waals surface area contributed by atoms with Crippen LogP contribution in [0, 0.1) is 5.92 Å². The van der Waals surface area contributed by atoms with Crippen LogP contribution in [-0.2, 0) is 4.79 Å². The number of carbonyl (C=O) groups is 1. The average molecular weight is 228 g/mol. The van der Waals surface area contributed by atoms with Crippen LogP contribution in [0.2, 0.25) is 0 Å². The van der Waals surface area contributed by atoms with Gasteiger partial charge >= 0.3 is 0 Å². The summed E-state index contributed by atoms with van der Waals surface area (Å²) < 4.78 is 0. The van der Waals surface area contributed by atoms with E-state index in [1.165, 1.54) is 12.8 Å². The zero-order valence-corrected chi connectivity index (χ0v) is 10.2. The fourth-order valence-corrected chi connectivity index (χ4v) is 3.24. The number of amides is 1. The number of nitrogens with one attached hydrogen (secondary N) is 1. The van der Waals surface area contributed by atoms with Crippen molar-refractivity contribution in [1.29, 1.82) is 0 Å². The van der Waals surface area contributed by atoms with Crippen molar-refractivity contribution in [1.82, 2.24) is 10.2 Å². The Morgan fingerprint density at radius 3 is 3.07 bits per heavy atom. The fourth-order valence-electron chi connectivity index (χ4n) is 2.31. The van der Waals surface area contributed by atoms with Gasteiger partial charge in [0.1, 0.15) is 0 Å². The maximum Gasteiger partial charge on any atom is 0.240 e. The third-order valence-electron chi connectivity index (χ3n) is 3.39. The lowest BCUT2D eigenvalue weighted by molar-refractivity contribution is -0.132. The van der Waals surface area contributed by atoms with Crippen LogP contribution < -0.4 is 5.32 Å². The van der Waals surface area contributed by atoms with Crippen molar-refractivity contribution in [3.8, 4) is 0 Å². The third kappa shape index (κ3) is 2.67. The van der Waals surface area contributed by atoms with Crippen molar-refractivity contribution in [3.05, 3.63) is 0 Å². The minimum absolute atomic E-state index is 0.0827. The number of hydrogen-bond donors (Lipinski definition) is 1. The van der Waals surface area contributed by atoms with Crippen LogP contribution >= 0.6 is 11.8 Å². The van der Waals surface area contributed by atoms with Crippen molar-refractivity contribution in [3.63, 3.8) is 0 Å². The maximum atomic E-state index is 12.1. The van der Waals surface area contributed by atoms with E-state index in [1.807, 2.05) is 11.8 Å². The fraction of sp³-hybridized carbons (Fsp3) is 0.909. The van der Waals surface area contributed by atoms with E-state index >= 15 is 0 Å². The van der Waals surface area contributed by atoms with Crippen LogP contribution in [0.25, 0.3) is 0 Å². The molecule has 2 aliphatic rings. The average Bonchev–Trinajstić information content (AvgIpc) is 2.78. The second-order valence-electron chi connectivity index (χ2n) is 4.43. The number of thioether (sulfide) groups is 1. The molecular weight excluding hydrogens is 208 g/mol. The van der Waals surface area contributed by atoms with Gasteiger partial charge in [-0.1, -0.05) is 13.3 Å². The molecule has 2 atom stereocenters. The van der Waals surface area contributed by atoms with Gasteiger partial charge in [-0.15, -0.1) is 0 Å². The first kappa shape index (κ1) is 11.3. The van der Waals surface area contributed by atoms with Crippen molar-refractivity contribution in [2.24, 2.45) is 5.92 Å². The van der Waals surface area contributed by atoms with Crippen LogP contribution in [0.15, 0.2) is 0 Å². The molecule has 0 bridgehead atoms. The quantitative estimate of drug-likeness (QED) is 0.764. The lowest BCUT2D eigenvalue weighted by Gasteiger charge is -2.27. The minimum Gasteiger partial charge on any atom is -0.341 e. The van der Waals surface area contributed by atoms with E-state index in [2.05, 4.69) is 17.1 Å². The van der Waals surface area contributed by atoms with Crippen LogP contribution in [-0.4, -0.2) is 48.0 Å². The molecule has 0 radical (unpaired) electrons. The lowest BCUT2D eigenvalue weighted by atomic mass is 10.1. The molecule has 2 aliphatic heterocycles. The number of likely N-dealkylation sites (tertiary alicyclic amines) is 1. The van der Waals surface area contributed by atoms with E-state index in [0.717, 1.165) is 37.1 Å². The highest BCUT2D eigenvalue weighted by Gasteiger charge is 2.30. The Morgan fingerprint density at radius 1 is 1.60 bits per heavy atom. The molecule has 1 N–H and O–H groups in total. The van der Waals surface area contributed by atoms with Gasteiger partial charge in [0.2, 0.25) is 5.91 Å². The predicted molar refractivity (Wildman–Crippen MR) is 64.1 cm³/mol. The largest absolute Gasteiger partial charge is 0.341 e. The van der Waals surface area contributed by atoms with Gasteiger partial charge < -0.3 is 10.2 Å². The summed E-state index contributed by atoms with van der Waals surface area (Å²) in [4.78, 5) is 14.2. The Bertz CT molecular complexity index is 229. The van der Waals surface area contributed by atoms with Gasteiger partial charge in [0, 0.05) is 31.1 Å².